The van der Waals surface area contributed by atoms with Crippen molar-refractivity contribution in [1.29, 1.82) is 0 Å². The minimum atomic E-state index is -3.93. The molecule has 7 nitrogen and oxygen atoms in total. The second kappa shape index (κ2) is 8.96. The zero-order chi connectivity index (χ0) is 20.0. The molecule has 0 saturated heterocycles. The summed E-state index contributed by atoms with van der Waals surface area (Å²) < 4.78 is 33.2. The summed E-state index contributed by atoms with van der Waals surface area (Å²) in [6.45, 7) is 5.74. The Morgan fingerprint density at radius 1 is 1.15 bits per heavy atom. The average molecular weight is 391 g/mol. The van der Waals surface area contributed by atoms with Gasteiger partial charge in [-0.15, -0.1) is 0 Å². The Morgan fingerprint density at radius 3 is 2.41 bits per heavy atom. The third kappa shape index (κ3) is 5.51. The lowest BCUT2D eigenvalue weighted by Gasteiger charge is -2.17. The molecule has 0 aliphatic rings. The number of methoxy groups -OCH3 is 1. The largest absolute Gasteiger partial charge is 0.495 e. The van der Waals surface area contributed by atoms with Gasteiger partial charge in [0.2, 0.25) is 15.9 Å². The monoisotopic (exact) mass is 391 g/mol. The molecule has 0 radical (unpaired) electrons. The van der Waals surface area contributed by atoms with Gasteiger partial charge >= 0.3 is 0 Å². The molecular formula is C19H25N3O4S. The molecule has 0 aliphatic heterocycles. The maximum atomic E-state index is 12.8. The number of carbonyl (C=O) groups is 1. The molecule has 2 N–H and O–H groups in total. The fraction of sp³-hybridized carbons (Fsp3) is 0.368. The summed E-state index contributed by atoms with van der Waals surface area (Å²) in [5.74, 6) is -0.0309. The van der Waals surface area contributed by atoms with E-state index < -0.39 is 22.0 Å². The van der Waals surface area contributed by atoms with Crippen LogP contribution in [0.5, 0.6) is 5.75 Å². The number of nitrogens with zero attached hydrogens (tertiary/aromatic N) is 1. The number of hydrogen-bond acceptors (Lipinski definition) is 5. The van der Waals surface area contributed by atoms with Crippen LogP contribution in [0.3, 0.4) is 0 Å². The maximum absolute atomic E-state index is 12.8. The zero-order valence-corrected chi connectivity index (χ0v) is 16.7. The standard InChI is InChI=1S/C19H25N3O4S/c1-13(2)16-5-6-17(26-4)18(11-16)27(24,25)22-14(3)19(23)21-12-15-7-9-20-10-8-15/h5-11,13-14,22H,12H2,1-4H3,(H,21,23). The van der Waals surface area contributed by atoms with Crippen LogP contribution < -0.4 is 14.8 Å². The predicted molar refractivity (Wildman–Crippen MR) is 103 cm³/mol. The molecule has 1 amide bonds. The summed E-state index contributed by atoms with van der Waals surface area (Å²) in [6, 6.07) is 7.64. The smallest absolute Gasteiger partial charge is 0.244 e. The second-order valence-electron chi connectivity index (χ2n) is 6.48. The summed E-state index contributed by atoms with van der Waals surface area (Å²) in [4.78, 5) is 16.2. The molecule has 0 bridgehead atoms. The Hall–Kier alpha value is -2.45. The summed E-state index contributed by atoms with van der Waals surface area (Å²) in [7, 11) is -2.52. The normalized spacial score (nSPS) is 12.6. The van der Waals surface area contributed by atoms with Gasteiger partial charge in [0.25, 0.3) is 0 Å². The SMILES string of the molecule is COc1ccc(C(C)C)cc1S(=O)(=O)NC(C)C(=O)NCc1ccncc1. The van der Waals surface area contributed by atoms with E-state index in [1.807, 2.05) is 19.9 Å². The molecule has 1 aromatic carbocycles. The Morgan fingerprint density at radius 2 is 1.81 bits per heavy atom. The van der Waals surface area contributed by atoms with Crippen LogP contribution >= 0.6 is 0 Å². The van der Waals surface area contributed by atoms with Crippen molar-refractivity contribution in [2.45, 2.75) is 44.2 Å². The predicted octanol–water partition coefficient (Wildman–Crippen LogP) is 2.20. The van der Waals surface area contributed by atoms with Gasteiger partial charge in [0.1, 0.15) is 10.6 Å². The summed E-state index contributed by atoms with van der Waals surface area (Å²) in [6.07, 6.45) is 3.25. The number of carbonyl (C=O) groups excluding carboxylic acids is 1. The molecule has 0 aliphatic carbocycles. The highest BCUT2D eigenvalue weighted by molar-refractivity contribution is 7.89. The quantitative estimate of drug-likeness (QED) is 0.719. The first-order valence-corrected chi connectivity index (χ1v) is 10.1. The Balaban J connectivity index is 2.12. The number of rotatable bonds is 8. The molecule has 27 heavy (non-hydrogen) atoms. The summed E-state index contributed by atoms with van der Waals surface area (Å²) >= 11 is 0. The van der Waals surface area contributed by atoms with Gasteiger partial charge in [-0.3, -0.25) is 9.78 Å². The third-order valence-corrected chi connectivity index (χ3v) is 5.65. The molecule has 0 saturated carbocycles. The minimum Gasteiger partial charge on any atom is -0.495 e. The van der Waals surface area contributed by atoms with Crippen LogP contribution in [0.2, 0.25) is 0 Å². The fourth-order valence-electron chi connectivity index (χ4n) is 2.46. The van der Waals surface area contributed by atoms with Crippen LogP contribution in [0.25, 0.3) is 0 Å². The first kappa shape index (κ1) is 20.9. The molecule has 2 rings (SSSR count). The van der Waals surface area contributed by atoms with Gasteiger partial charge in [-0.05, 0) is 48.2 Å². The molecule has 1 atom stereocenters. The van der Waals surface area contributed by atoms with Crippen molar-refractivity contribution in [3.63, 3.8) is 0 Å². The van der Waals surface area contributed by atoms with Crippen molar-refractivity contribution in [2.24, 2.45) is 0 Å². The number of aromatic nitrogens is 1. The van der Waals surface area contributed by atoms with E-state index in [0.717, 1.165) is 11.1 Å². The second-order valence-corrected chi connectivity index (χ2v) is 8.16. The number of hydrogen-bond donors (Lipinski definition) is 2. The Labute approximate surface area is 160 Å². The van der Waals surface area contributed by atoms with E-state index in [4.69, 9.17) is 4.74 Å². The van der Waals surface area contributed by atoms with Gasteiger partial charge in [0.15, 0.2) is 0 Å². The Kier molecular flexibility index (Phi) is 6.92. The molecular weight excluding hydrogens is 366 g/mol. The van der Waals surface area contributed by atoms with Gasteiger partial charge in [0, 0.05) is 18.9 Å². The number of amides is 1. The van der Waals surface area contributed by atoms with E-state index in [1.165, 1.54) is 14.0 Å². The Bertz CT molecular complexity index is 883. The van der Waals surface area contributed by atoms with E-state index in [0.29, 0.717) is 6.54 Å². The maximum Gasteiger partial charge on any atom is 0.244 e. The number of pyridine rings is 1. The summed E-state index contributed by atoms with van der Waals surface area (Å²) in [5.41, 5.74) is 1.74. The molecule has 0 fully saturated rings. The van der Waals surface area contributed by atoms with Crippen molar-refractivity contribution in [3.8, 4) is 5.75 Å². The topological polar surface area (TPSA) is 97.4 Å². The van der Waals surface area contributed by atoms with Crippen LogP contribution in [0.4, 0.5) is 0 Å². The molecule has 1 unspecified atom stereocenters. The molecule has 1 aromatic heterocycles. The highest BCUT2D eigenvalue weighted by Crippen LogP contribution is 2.28. The van der Waals surface area contributed by atoms with Crippen molar-refractivity contribution >= 4 is 15.9 Å². The van der Waals surface area contributed by atoms with Gasteiger partial charge in [-0.25, -0.2) is 8.42 Å². The molecule has 0 spiro atoms. The lowest BCUT2D eigenvalue weighted by Crippen LogP contribution is -2.44. The first-order chi connectivity index (χ1) is 12.7. The lowest BCUT2D eigenvalue weighted by atomic mass is 10.0. The number of benzene rings is 1. The van der Waals surface area contributed by atoms with Crippen LogP contribution in [0.1, 0.15) is 37.8 Å². The van der Waals surface area contributed by atoms with Gasteiger partial charge < -0.3 is 10.1 Å². The van der Waals surface area contributed by atoms with Gasteiger partial charge in [0.05, 0.1) is 13.2 Å². The highest BCUT2D eigenvalue weighted by atomic mass is 32.2. The van der Waals surface area contributed by atoms with E-state index in [-0.39, 0.29) is 16.6 Å². The van der Waals surface area contributed by atoms with Crippen LogP contribution in [-0.4, -0.2) is 32.5 Å². The van der Waals surface area contributed by atoms with Crippen LogP contribution in [-0.2, 0) is 21.4 Å². The van der Waals surface area contributed by atoms with E-state index in [9.17, 15) is 13.2 Å². The van der Waals surface area contributed by atoms with Gasteiger partial charge in [-0.1, -0.05) is 19.9 Å². The molecule has 146 valence electrons. The molecule has 8 heteroatoms. The van der Waals surface area contributed by atoms with Crippen molar-refractivity contribution in [3.05, 3.63) is 53.9 Å². The molecule has 1 heterocycles. The third-order valence-electron chi connectivity index (χ3n) is 4.09. The molecule has 2 aromatic rings. The number of ether oxygens (including phenoxy) is 1. The van der Waals surface area contributed by atoms with Crippen molar-refractivity contribution in [1.82, 2.24) is 15.0 Å². The average Bonchev–Trinajstić information content (AvgIpc) is 2.65. The van der Waals surface area contributed by atoms with E-state index in [2.05, 4.69) is 15.0 Å². The summed E-state index contributed by atoms with van der Waals surface area (Å²) in [5, 5.41) is 2.71. The van der Waals surface area contributed by atoms with Crippen LogP contribution in [0, 0.1) is 0 Å². The number of nitrogens with one attached hydrogen (secondary N) is 2. The first-order valence-electron chi connectivity index (χ1n) is 8.61. The van der Waals surface area contributed by atoms with E-state index in [1.54, 1.807) is 36.7 Å². The van der Waals surface area contributed by atoms with Gasteiger partial charge in [-0.2, -0.15) is 4.72 Å². The number of sulfonamides is 1. The van der Waals surface area contributed by atoms with Crippen molar-refractivity contribution in [2.75, 3.05) is 7.11 Å². The van der Waals surface area contributed by atoms with Crippen molar-refractivity contribution < 1.29 is 17.9 Å². The minimum absolute atomic E-state index is 0.0185. The van der Waals surface area contributed by atoms with E-state index >= 15 is 0 Å². The van der Waals surface area contributed by atoms with Crippen LogP contribution in [0.15, 0.2) is 47.6 Å². The highest BCUT2D eigenvalue weighted by Gasteiger charge is 2.25. The fourth-order valence-corrected chi connectivity index (χ4v) is 3.86. The zero-order valence-electron chi connectivity index (χ0n) is 15.9. The lowest BCUT2D eigenvalue weighted by molar-refractivity contribution is -0.122.